The smallest absolute Gasteiger partial charge is 0.242 e. The number of methoxy groups -OCH3 is 1. The van der Waals surface area contributed by atoms with Gasteiger partial charge >= 0.3 is 0 Å². The van der Waals surface area contributed by atoms with E-state index in [0.29, 0.717) is 17.8 Å². The molecule has 1 aromatic carbocycles. The van der Waals surface area contributed by atoms with E-state index >= 15 is 0 Å². The van der Waals surface area contributed by atoms with Crippen LogP contribution in [0.3, 0.4) is 0 Å². The topological polar surface area (TPSA) is 40.0 Å². The van der Waals surface area contributed by atoms with E-state index in [1.165, 1.54) is 36.1 Å². The van der Waals surface area contributed by atoms with Gasteiger partial charge in [0.2, 0.25) is 8.32 Å². The predicted octanol–water partition coefficient (Wildman–Crippen LogP) is 5.90. The molecular weight excluding hydrogens is 366 g/mol. The Morgan fingerprint density at radius 1 is 1.11 bits per heavy atom. The number of benzene rings is 1. The third-order valence-corrected chi connectivity index (χ3v) is 8.23. The van der Waals surface area contributed by atoms with Gasteiger partial charge in [-0.15, -0.1) is 0 Å². The summed E-state index contributed by atoms with van der Waals surface area (Å²) in [5, 5.41) is 4.42. The van der Waals surface area contributed by atoms with Gasteiger partial charge in [0.05, 0.1) is 11.8 Å². The first kappa shape index (κ1) is 20.0. The molecule has 4 nitrogen and oxygen atoms in total. The van der Waals surface area contributed by atoms with Crippen LogP contribution in [0.1, 0.15) is 62.2 Å². The van der Waals surface area contributed by atoms with Crippen LogP contribution in [-0.4, -0.2) is 28.2 Å². The van der Waals surface area contributed by atoms with Gasteiger partial charge in [0.15, 0.2) is 0 Å². The number of hydrogen-bond acceptors (Lipinski definition) is 4. The Morgan fingerprint density at radius 3 is 2.57 bits per heavy atom. The second-order valence-electron chi connectivity index (χ2n) is 10.1. The van der Waals surface area contributed by atoms with E-state index in [4.69, 9.17) is 14.0 Å². The second kappa shape index (κ2) is 7.17. The summed E-state index contributed by atoms with van der Waals surface area (Å²) in [6.07, 6.45) is 5.98. The van der Waals surface area contributed by atoms with E-state index in [0.717, 1.165) is 18.6 Å². The summed E-state index contributed by atoms with van der Waals surface area (Å²) < 4.78 is 12.3. The molecule has 28 heavy (non-hydrogen) atoms. The van der Waals surface area contributed by atoms with Crippen molar-refractivity contribution in [1.29, 1.82) is 0 Å². The van der Waals surface area contributed by atoms with Gasteiger partial charge in [-0.2, -0.15) is 0 Å². The zero-order chi connectivity index (χ0) is 20.1. The Hall–Kier alpha value is -1.33. The molecular formula is C23H35NO3Si. The number of fused-ring (bicyclic) bond motifs is 5. The summed E-state index contributed by atoms with van der Waals surface area (Å²) >= 11 is 0. The highest BCUT2D eigenvalue weighted by Crippen LogP contribution is 2.61. The van der Waals surface area contributed by atoms with E-state index < -0.39 is 8.32 Å². The molecule has 0 radical (unpaired) electrons. The molecule has 2 fully saturated rings. The Morgan fingerprint density at radius 2 is 1.89 bits per heavy atom. The fraction of sp³-hybridized carbons (Fsp3) is 0.696. The molecule has 4 rings (SSSR count). The van der Waals surface area contributed by atoms with Gasteiger partial charge in [-0.25, -0.2) is 0 Å². The van der Waals surface area contributed by atoms with Gasteiger partial charge in [0.1, 0.15) is 12.9 Å². The molecule has 0 aliphatic heterocycles. The molecule has 5 heteroatoms. The maximum Gasteiger partial charge on any atom is 0.242 e. The van der Waals surface area contributed by atoms with Crippen molar-refractivity contribution in [3.63, 3.8) is 0 Å². The van der Waals surface area contributed by atoms with E-state index in [9.17, 15) is 0 Å². The maximum atomic E-state index is 6.28. The first-order valence-corrected chi connectivity index (χ1v) is 14.1. The zero-order valence-corrected chi connectivity index (χ0v) is 19.2. The molecule has 2 saturated carbocycles. The fourth-order valence-corrected chi connectivity index (χ4v) is 7.07. The molecule has 3 aliphatic rings. The maximum absolute atomic E-state index is 6.28. The van der Waals surface area contributed by atoms with Gasteiger partial charge in [-0.3, -0.25) is 0 Å². The van der Waals surface area contributed by atoms with Crippen molar-refractivity contribution in [1.82, 2.24) is 0 Å². The Kier molecular flexibility index (Phi) is 5.11. The molecule has 0 heterocycles. The second-order valence-corrected chi connectivity index (χ2v) is 14.5. The lowest BCUT2D eigenvalue weighted by Crippen LogP contribution is -2.43. The van der Waals surface area contributed by atoms with Crippen molar-refractivity contribution in [3.05, 3.63) is 29.3 Å². The van der Waals surface area contributed by atoms with Crippen LogP contribution in [-0.2, 0) is 9.57 Å². The summed E-state index contributed by atoms with van der Waals surface area (Å²) in [4.78, 5) is 5.18. The minimum atomic E-state index is -1.62. The molecule has 0 spiro atoms. The van der Waals surface area contributed by atoms with Crippen LogP contribution in [0.5, 0.6) is 5.75 Å². The summed E-state index contributed by atoms with van der Waals surface area (Å²) in [5.41, 5.74) is 4.31. The minimum Gasteiger partial charge on any atom is -0.544 e. The number of rotatable bonds is 4. The van der Waals surface area contributed by atoms with E-state index in [-0.39, 0.29) is 11.5 Å². The van der Waals surface area contributed by atoms with E-state index in [1.807, 2.05) is 7.11 Å². The monoisotopic (exact) mass is 401 g/mol. The first-order chi connectivity index (χ1) is 13.3. The predicted molar refractivity (Wildman–Crippen MR) is 116 cm³/mol. The third-order valence-electron chi connectivity index (χ3n) is 7.38. The Labute approximate surface area is 170 Å². The van der Waals surface area contributed by atoms with Crippen molar-refractivity contribution >= 4 is 14.0 Å². The van der Waals surface area contributed by atoms with Crippen molar-refractivity contribution in [2.45, 2.75) is 70.7 Å². The van der Waals surface area contributed by atoms with Crippen LogP contribution in [0.2, 0.25) is 19.6 Å². The average molecular weight is 402 g/mol. The molecule has 0 amide bonds. The van der Waals surface area contributed by atoms with Gasteiger partial charge < -0.3 is 14.0 Å². The highest BCUT2D eigenvalue weighted by molar-refractivity contribution is 6.70. The zero-order valence-electron chi connectivity index (χ0n) is 18.2. The Bertz CT molecular complexity index is 772. The lowest BCUT2D eigenvalue weighted by atomic mass is 9.55. The standard InChI is InChI=1S/C23H35NO3Si/c1-23-12-11-17-16-8-7-15(27-28(4,5)6)13-19(16)21(25-2)14-18(17)20(23)9-10-22(23)24-26-3/h7-8,13,17-18,20-21H,9-12,14H2,1-6H3/b24-22+. The number of nitrogens with zero attached hydrogens (tertiary/aromatic N) is 1. The summed E-state index contributed by atoms with van der Waals surface area (Å²) in [5.74, 6) is 2.96. The average Bonchev–Trinajstić information content (AvgIpc) is 2.96. The van der Waals surface area contributed by atoms with Crippen LogP contribution in [0.15, 0.2) is 23.4 Å². The quantitative estimate of drug-likeness (QED) is 0.465. The van der Waals surface area contributed by atoms with Crippen molar-refractivity contribution < 1.29 is 14.0 Å². The van der Waals surface area contributed by atoms with Crippen LogP contribution in [0.25, 0.3) is 0 Å². The van der Waals surface area contributed by atoms with Crippen LogP contribution < -0.4 is 4.43 Å². The first-order valence-electron chi connectivity index (χ1n) is 10.7. The van der Waals surface area contributed by atoms with E-state index in [1.54, 1.807) is 7.11 Å². The van der Waals surface area contributed by atoms with Crippen LogP contribution >= 0.6 is 0 Å². The molecule has 154 valence electrons. The normalized spacial score (nSPS) is 35.9. The number of oxime groups is 1. The minimum absolute atomic E-state index is 0.159. The van der Waals surface area contributed by atoms with Gasteiger partial charge in [-0.05, 0) is 92.8 Å². The summed E-state index contributed by atoms with van der Waals surface area (Å²) in [6, 6.07) is 6.78. The van der Waals surface area contributed by atoms with E-state index in [2.05, 4.69) is 49.9 Å². The Balaban J connectivity index is 1.68. The van der Waals surface area contributed by atoms with Crippen molar-refractivity contribution in [2.24, 2.45) is 22.4 Å². The lowest BCUT2D eigenvalue weighted by Gasteiger charge is -2.50. The third kappa shape index (κ3) is 3.30. The SMILES string of the molecule is CO/N=C1\CCC2C3CC(OC)c4cc(O[Si](C)(C)C)ccc4C3CCC12C. The molecule has 3 aliphatic carbocycles. The molecule has 0 aromatic heterocycles. The molecule has 0 bridgehead atoms. The van der Waals surface area contributed by atoms with Gasteiger partial charge in [0.25, 0.3) is 0 Å². The summed E-state index contributed by atoms with van der Waals surface area (Å²) in [7, 11) is 1.91. The fourth-order valence-electron chi connectivity index (χ4n) is 6.23. The highest BCUT2D eigenvalue weighted by atomic mass is 28.4. The van der Waals surface area contributed by atoms with Crippen LogP contribution in [0.4, 0.5) is 0 Å². The van der Waals surface area contributed by atoms with Crippen molar-refractivity contribution in [2.75, 3.05) is 14.2 Å². The van der Waals surface area contributed by atoms with Gasteiger partial charge in [0, 0.05) is 12.5 Å². The highest BCUT2D eigenvalue weighted by Gasteiger charge is 2.55. The molecule has 0 saturated heterocycles. The largest absolute Gasteiger partial charge is 0.544 e. The number of hydrogen-bond donors (Lipinski definition) is 0. The van der Waals surface area contributed by atoms with Crippen molar-refractivity contribution in [3.8, 4) is 5.75 Å². The number of ether oxygens (including phenoxy) is 1. The molecule has 0 N–H and O–H groups in total. The van der Waals surface area contributed by atoms with Crippen LogP contribution in [0, 0.1) is 17.3 Å². The molecule has 1 aromatic rings. The molecule has 5 unspecified atom stereocenters. The summed E-state index contributed by atoms with van der Waals surface area (Å²) in [6.45, 7) is 9.12. The molecule has 5 atom stereocenters. The lowest BCUT2D eigenvalue weighted by molar-refractivity contribution is 0.0136. The van der Waals surface area contributed by atoms with Gasteiger partial charge in [-0.1, -0.05) is 18.1 Å².